The van der Waals surface area contributed by atoms with Gasteiger partial charge in [0.2, 0.25) is 0 Å². The summed E-state index contributed by atoms with van der Waals surface area (Å²) in [5.74, 6) is 0.986. The average Bonchev–Trinajstić information content (AvgIpc) is 2.17. The first-order chi connectivity index (χ1) is 7.18. The van der Waals surface area contributed by atoms with Gasteiger partial charge in [-0.05, 0) is 45.4 Å². The van der Waals surface area contributed by atoms with Crippen molar-refractivity contribution in [2.24, 2.45) is 5.92 Å². The Balaban J connectivity index is 1.92. The summed E-state index contributed by atoms with van der Waals surface area (Å²) in [4.78, 5) is 2.85. The van der Waals surface area contributed by atoms with Crippen LogP contribution in [-0.4, -0.2) is 23.0 Å². The predicted molar refractivity (Wildman–Crippen MR) is 66.0 cm³/mol. The van der Waals surface area contributed by atoms with Crippen LogP contribution in [-0.2, 0) is 0 Å². The summed E-state index contributed by atoms with van der Waals surface area (Å²) in [6.07, 6.45) is 10.2. The first kappa shape index (κ1) is 11.4. The predicted octanol–water partition coefficient (Wildman–Crippen LogP) is 3.83. The number of hydrogen-bond donors (Lipinski definition) is 0. The van der Waals surface area contributed by atoms with Gasteiger partial charge in [-0.3, -0.25) is 4.90 Å². The molecule has 1 heteroatoms. The molecule has 0 spiro atoms. The second-order valence-corrected chi connectivity index (χ2v) is 6.06. The van der Waals surface area contributed by atoms with E-state index in [2.05, 4.69) is 25.7 Å². The first-order valence-electron chi connectivity index (χ1n) is 6.96. The molecule has 2 fully saturated rings. The van der Waals surface area contributed by atoms with E-state index >= 15 is 0 Å². The van der Waals surface area contributed by atoms with Crippen LogP contribution in [0.25, 0.3) is 0 Å². The van der Waals surface area contributed by atoms with E-state index in [4.69, 9.17) is 0 Å². The largest absolute Gasteiger partial charge is 0.295 e. The van der Waals surface area contributed by atoms with Crippen molar-refractivity contribution in [3.05, 3.63) is 0 Å². The van der Waals surface area contributed by atoms with Crippen LogP contribution >= 0.6 is 0 Å². The summed E-state index contributed by atoms with van der Waals surface area (Å²) >= 11 is 0. The van der Waals surface area contributed by atoms with Crippen LogP contribution in [0, 0.1) is 5.92 Å². The average molecular weight is 209 g/mol. The van der Waals surface area contributed by atoms with E-state index < -0.39 is 0 Å². The van der Waals surface area contributed by atoms with Gasteiger partial charge in [0.1, 0.15) is 0 Å². The monoisotopic (exact) mass is 209 g/mol. The summed E-state index contributed by atoms with van der Waals surface area (Å²) in [5.41, 5.74) is 0. The van der Waals surface area contributed by atoms with Crippen LogP contribution in [0.1, 0.15) is 65.7 Å². The lowest BCUT2D eigenvalue weighted by Gasteiger charge is -2.49. The van der Waals surface area contributed by atoms with Gasteiger partial charge in [0.25, 0.3) is 0 Å². The summed E-state index contributed by atoms with van der Waals surface area (Å²) in [5, 5.41) is 0. The maximum Gasteiger partial charge on any atom is 0.0106 e. The fraction of sp³-hybridized carbons (Fsp3) is 1.00. The zero-order valence-corrected chi connectivity index (χ0v) is 10.7. The standard InChI is InChI=1S/C14H27N/c1-11(2)15(14-9-12(3)10-14)13-7-5-4-6-8-13/h11-14H,4-10H2,1-3H3. The maximum atomic E-state index is 2.85. The number of nitrogens with zero attached hydrogens (tertiary/aromatic N) is 1. The molecule has 0 N–H and O–H groups in total. The minimum atomic E-state index is 0.755. The third kappa shape index (κ3) is 2.55. The van der Waals surface area contributed by atoms with Crippen LogP contribution in [0.5, 0.6) is 0 Å². The Kier molecular flexibility index (Phi) is 3.71. The fourth-order valence-corrected chi connectivity index (χ4v) is 3.62. The van der Waals surface area contributed by atoms with Gasteiger partial charge in [0.15, 0.2) is 0 Å². The number of hydrogen-bond acceptors (Lipinski definition) is 1. The van der Waals surface area contributed by atoms with Crippen LogP contribution in [0.4, 0.5) is 0 Å². The molecule has 2 saturated carbocycles. The Bertz CT molecular complexity index is 188. The second kappa shape index (κ2) is 4.86. The summed E-state index contributed by atoms with van der Waals surface area (Å²) in [6, 6.07) is 2.59. The molecule has 0 unspecified atom stereocenters. The van der Waals surface area contributed by atoms with Crippen LogP contribution in [0.15, 0.2) is 0 Å². The Morgan fingerprint density at radius 3 is 2.00 bits per heavy atom. The Labute approximate surface area is 95.2 Å². The van der Waals surface area contributed by atoms with Gasteiger partial charge in [-0.1, -0.05) is 26.2 Å². The van der Waals surface area contributed by atoms with Crippen molar-refractivity contribution in [1.82, 2.24) is 4.90 Å². The molecule has 0 aromatic rings. The van der Waals surface area contributed by atoms with Crippen molar-refractivity contribution >= 4 is 0 Å². The lowest BCUT2D eigenvalue weighted by atomic mass is 9.78. The van der Waals surface area contributed by atoms with Gasteiger partial charge >= 0.3 is 0 Å². The van der Waals surface area contributed by atoms with Crippen LogP contribution < -0.4 is 0 Å². The van der Waals surface area contributed by atoms with Gasteiger partial charge in [0.05, 0.1) is 0 Å². The SMILES string of the molecule is CC1CC(N(C(C)C)C2CCCCC2)C1. The lowest BCUT2D eigenvalue weighted by Crippen LogP contribution is -2.52. The molecule has 0 amide bonds. The van der Waals surface area contributed by atoms with Crippen molar-refractivity contribution in [2.75, 3.05) is 0 Å². The molecule has 0 saturated heterocycles. The van der Waals surface area contributed by atoms with Crippen LogP contribution in [0.3, 0.4) is 0 Å². The topological polar surface area (TPSA) is 3.24 Å². The molecular weight excluding hydrogens is 182 g/mol. The van der Waals surface area contributed by atoms with Crippen molar-refractivity contribution in [1.29, 1.82) is 0 Å². The minimum absolute atomic E-state index is 0.755. The number of rotatable bonds is 3. The van der Waals surface area contributed by atoms with Crippen molar-refractivity contribution < 1.29 is 0 Å². The lowest BCUT2D eigenvalue weighted by molar-refractivity contribution is 0.00836. The third-order valence-electron chi connectivity index (χ3n) is 4.36. The molecule has 2 rings (SSSR count). The second-order valence-electron chi connectivity index (χ2n) is 6.06. The summed E-state index contributed by atoms with van der Waals surface area (Å²) < 4.78 is 0. The zero-order valence-electron chi connectivity index (χ0n) is 10.7. The maximum absolute atomic E-state index is 2.85. The quantitative estimate of drug-likeness (QED) is 0.683. The summed E-state index contributed by atoms with van der Waals surface area (Å²) in [7, 11) is 0. The molecule has 0 aromatic carbocycles. The Morgan fingerprint density at radius 2 is 1.53 bits per heavy atom. The molecule has 0 aliphatic heterocycles. The Hall–Kier alpha value is -0.0400. The van der Waals surface area contributed by atoms with E-state index in [1.54, 1.807) is 0 Å². The van der Waals surface area contributed by atoms with Crippen molar-refractivity contribution in [3.63, 3.8) is 0 Å². The molecule has 2 aliphatic rings. The van der Waals surface area contributed by atoms with Gasteiger partial charge in [0, 0.05) is 18.1 Å². The minimum Gasteiger partial charge on any atom is -0.295 e. The molecule has 2 aliphatic carbocycles. The van der Waals surface area contributed by atoms with E-state index in [9.17, 15) is 0 Å². The molecule has 0 heterocycles. The summed E-state index contributed by atoms with van der Waals surface area (Å²) in [6.45, 7) is 7.17. The Morgan fingerprint density at radius 1 is 0.933 bits per heavy atom. The van der Waals surface area contributed by atoms with E-state index in [1.807, 2.05) is 0 Å². The smallest absolute Gasteiger partial charge is 0.0106 e. The molecule has 0 bridgehead atoms. The highest BCUT2D eigenvalue weighted by molar-refractivity contribution is 4.91. The van der Waals surface area contributed by atoms with Crippen LogP contribution in [0.2, 0.25) is 0 Å². The van der Waals surface area contributed by atoms with E-state index in [-0.39, 0.29) is 0 Å². The molecule has 1 nitrogen and oxygen atoms in total. The van der Waals surface area contributed by atoms with Gasteiger partial charge in [-0.25, -0.2) is 0 Å². The molecular formula is C14H27N. The van der Waals surface area contributed by atoms with Crippen molar-refractivity contribution in [2.45, 2.75) is 83.8 Å². The molecule has 0 aromatic heterocycles. The highest BCUT2D eigenvalue weighted by Gasteiger charge is 2.36. The van der Waals surface area contributed by atoms with Gasteiger partial charge < -0.3 is 0 Å². The third-order valence-corrected chi connectivity index (χ3v) is 4.36. The molecule has 0 radical (unpaired) electrons. The highest BCUT2D eigenvalue weighted by Crippen LogP contribution is 2.36. The zero-order chi connectivity index (χ0) is 10.8. The van der Waals surface area contributed by atoms with Crippen molar-refractivity contribution in [3.8, 4) is 0 Å². The molecule has 15 heavy (non-hydrogen) atoms. The van der Waals surface area contributed by atoms with Gasteiger partial charge in [-0.2, -0.15) is 0 Å². The van der Waals surface area contributed by atoms with Gasteiger partial charge in [-0.15, -0.1) is 0 Å². The molecule has 88 valence electrons. The first-order valence-corrected chi connectivity index (χ1v) is 6.96. The van der Waals surface area contributed by atoms with E-state index in [1.165, 1.54) is 44.9 Å². The highest BCUT2D eigenvalue weighted by atomic mass is 15.2. The van der Waals surface area contributed by atoms with E-state index in [0.717, 1.165) is 24.0 Å². The fourth-order valence-electron chi connectivity index (χ4n) is 3.62. The molecule has 0 atom stereocenters. The van der Waals surface area contributed by atoms with E-state index in [0.29, 0.717) is 0 Å². The normalized spacial score (nSPS) is 33.4.